The number of nitrogens with zero attached hydrogens (tertiary/aromatic N) is 2. The maximum Gasteiger partial charge on any atom is 0.387 e. The molecule has 0 fully saturated rings. The van der Waals surface area contributed by atoms with Gasteiger partial charge in [-0.2, -0.15) is 13.8 Å². The molecule has 31 heavy (non-hydrogen) atoms. The van der Waals surface area contributed by atoms with E-state index in [2.05, 4.69) is 20.2 Å². The minimum atomic E-state index is -2.95. The predicted octanol–water partition coefficient (Wildman–Crippen LogP) is 3.54. The molecule has 1 heterocycles. The van der Waals surface area contributed by atoms with E-state index in [-0.39, 0.29) is 24.0 Å². The third-order valence-electron chi connectivity index (χ3n) is 4.20. The summed E-state index contributed by atoms with van der Waals surface area (Å²) in [6.45, 7) is -0.794. The molecule has 10 heteroatoms. The zero-order valence-corrected chi connectivity index (χ0v) is 16.9. The molecular weight excluding hydrogens is 412 g/mol. The van der Waals surface area contributed by atoms with Crippen molar-refractivity contribution in [3.8, 4) is 17.2 Å². The van der Waals surface area contributed by atoms with E-state index in [1.807, 2.05) is 0 Å². The first-order chi connectivity index (χ1) is 14.9. The van der Waals surface area contributed by atoms with E-state index >= 15 is 0 Å². The van der Waals surface area contributed by atoms with Gasteiger partial charge in [-0.05, 0) is 48.4 Å². The van der Waals surface area contributed by atoms with Crippen molar-refractivity contribution in [1.82, 2.24) is 15.5 Å². The van der Waals surface area contributed by atoms with Gasteiger partial charge in [0.25, 0.3) is 5.91 Å². The van der Waals surface area contributed by atoms with Crippen LogP contribution in [-0.4, -0.2) is 36.3 Å². The van der Waals surface area contributed by atoms with Gasteiger partial charge in [0.1, 0.15) is 5.75 Å². The summed E-state index contributed by atoms with van der Waals surface area (Å²) < 4.78 is 44.9. The minimum Gasteiger partial charge on any atom is -0.493 e. The van der Waals surface area contributed by atoms with Gasteiger partial charge in [-0.3, -0.25) is 4.79 Å². The summed E-state index contributed by atoms with van der Waals surface area (Å²) >= 11 is 0. The lowest BCUT2D eigenvalue weighted by Gasteiger charge is -2.12. The van der Waals surface area contributed by atoms with Gasteiger partial charge in [0.05, 0.1) is 7.11 Å². The Kier molecular flexibility index (Phi) is 7.36. The number of aryl methyl sites for hydroxylation is 1. The van der Waals surface area contributed by atoms with Crippen molar-refractivity contribution >= 4 is 5.91 Å². The van der Waals surface area contributed by atoms with E-state index in [1.54, 1.807) is 43.3 Å². The Morgan fingerprint density at radius 1 is 1.16 bits per heavy atom. The summed E-state index contributed by atoms with van der Waals surface area (Å²) in [4.78, 5) is 16.4. The zero-order valence-electron chi connectivity index (χ0n) is 16.9. The molecule has 1 N–H and O–H groups in total. The molecule has 0 saturated heterocycles. The summed E-state index contributed by atoms with van der Waals surface area (Å²) in [5.74, 6) is 1.34. The van der Waals surface area contributed by atoms with Gasteiger partial charge in [0.2, 0.25) is 11.7 Å². The molecular formula is C21H21F2N3O5. The molecule has 164 valence electrons. The van der Waals surface area contributed by atoms with Gasteiger partial charge in [-0.15, -0.1) is 0 Å². The largest absolute Gasteiger partial charge is 0.493 e. The van der Waals surface area contributed by atoms with Crippen molar-refractivity contribution < 1.29 is 32.3 Å². The van der Waals surface area contributed by atoms with Gasteiger partial charge in [-0.1, -0.05) is 11.2 Å². The van der Waals surface area contributed by atoms with Crippen molar-refractivity contribution in [3.63, 3.8) is 0 Å². The summed E-state index contributed by atoms with van der Waals surface area (Å²) in [7, 11) is 1.37. The number of rotatable bonds is 10. The lowest BCUT2D eigenvalue weighted by Crippen LogP contribution is -2.25. The Labute approximate surface area is 177 Å². The van der Waals surface area contributed by atoms with Crippen molar-refractivity contribution in [1.29, 1.82) is 0 Å². The average molecular weight is 433 g/mol. The number of hydrogen-bond donors (Lipinski definition) is 1. The number of hydrogen-bond acceptors (Lipinski definition) is 7. The molecule has 0 bridgehead atoms. The molecule has 8 nitrogen and oxygen atoms in total. The first kappa shape index (κ1) is 22.0. The van der Waals surface area contributed by atoms with E-state index < -0.39 is 6.61 Å². The first-order valence-electron chi connectivity index (χ1n) is 9.36. The molecule has 0 atom stereocenters. The lowest BCUT2D eigenvalue weighted by atomic mass is 10.1. The first-order valence-corrected chi connectivity index (χ1v) is 9.36. The standard InChI is InChI=1S/C21H21F2N3O5/c1-13-25-19(26-31-13)12-29-16-6-4-15(5-7-16)20(27)24-10-9-14-3-8-17(28-2)18(11-14)30-21(22)23/h3-8,11,21H,9-10,12H2,1-2H3,(H,24,27). The van der Waals surface area contributed by atoms with E-state index in [9.17, 15) is 13.6 Å². The van der Waals surface area contributed by atoms with Crippen LogP contribution in [0.15, 0.2) is 47.0 Å². The number of methoxy groups -OCH3 is 1. The van der Waals surface area contributed by atoms with Crippen LogP contribution in [0, 0.1) is 6.92 Å². The van der Waals surface area contributed by atoms with Gasteiger partial charge >= 0.3 is 6.61 Å². The lowest BCUT2D eigenvalue weighted by molar-refractivity contribution is -0.0512. The van der Waals surface area contributed by atoms with E-state index in [1.165, 1.54) is 13.2 Å². The van der Waals surface area contributed by atoms with E-state index in [4.69, 9.17) is 14.0 Å². The Morgan fingerprint density at radius 2 is 1.94 bits per heavy atom. The molecule has 1 aromatic heterocycles. The highest BCUT2D eigenvalue weighted by molar-refractivity contribution is 5.94. The molecule has 2 aromatic carbocycles. The second-order valence-corrected chi connectivity index (χ2v) is 6.41. The smallest absolute Gasteiger partial charge is 0.387 e. The fourth-order valence-corrected chi connectivity index (χ4v) is 2.74. The van der Waals surface area contributed by atoms with Crippen LogP contribution in [0.25, 0.3) is 0 Å². The van der Waals surface area contributed by atoms with Crippen molar-refractivity contribution in [2.24, 2.45) is 0 Å². The number of aromatic nitrogens is 2. The SMILES string of the molecule is COc1ccc(CCNC(=O)c2ccc(OCc3noc(C)n3)cc2)cc1OC(F)F. The molecule has 0 saturated carbocycles. The molecule has 0 aliphatic carbocycles. The Hall–Kier alpha value is -3.69. The van der Waals surface area contributed by atoms with Gasteiger partial charge in [0.15, 0.2) is 18.1 Å². The topological polar surface area (TPSA) is 95.7 Å². The van der Waals surface area contributed by atoms with Crippen LogP contribution in [0.1, 0.15) is 27.6 Å². The van der Waals surface area contributed by atoms with Crippen LogP contribution >= 0.6 is 0 Å². The van der Waals surface area contributed by atoms with Crippen LogP contribution in [0.5, 0.6) is 17.2 Å². The molecule has 0 radical (unpaired) electrons. The van der Waals surface area contributed by atoms with Crippen LogP contribution in [0.3, 0.4) is 0 Å². The number of carbonyl (C=O) groups excluding carboxylic acids is 1. The van der Waals surface area contributed by atoms with Gasteiger partial charge < -0.3 is 24.1 Å². The Balaban J connectivity index is 1.49. The van der Waals surface area contributed by atoms with Crippen LogP contribution in [0.2, 0.25) is 0 Å². The third-order valence-corrected chi connectivity index (χ3v) is 4.20. The second kappa shape index (κ2) is 10.4. The summed E-state index contributed by atoms with van der Waals surface area (Å²) in [6, 6.07) is 11.3. The maximum atomic E-state index is 12.5. The predicted molar refractivity (Wildman–Crippen MR) is 105 cm³/mol. The normalized spacial score (nSPS) is 10.7. The Bertz CT molecular complexity index is 1010. The molecule has 1 amide bonds. The highest BCUT2D eigenvalue weighted by atomic mass is 19.3. The second-order valence-electron chi connectivity index (χ2n) is 6.41. The van der Waals surface area contributed by atoms with Crippen molar-refractivity contribution in [3.05, 3.63) is 65.3 Å². The van der Waals surface area contributed by atoms with Gasteiger partial charge in [-0.25, -0.2) is 0 Å². The quantitative estimate of drug-likeness (QED) is 0.522. The van der Waals surface area contributed by atoms with Crippen LogP contribution < -0.4 is 19.5 Å². The molecule has 0 spiro atoms. The Morgan fingerprint density at radius 3 is 2.58 bits per heavy atom. The molecule has 0 aliphatic heterocycles. The monoisotopic (exact) mass is 433 g/mol. The van der Waals surface area contributed by atoms with Crippen molar-refractivity contribution in [2.45, 2.75) is 26.6 Å². The van der Waals surface area contributed by atoms with E-state index in [0.29, 0.717) is 36.0 Å². The molecule has 3 aromatic rings. The number of nitrogens with one attached hydrogen (secondary N) is 1. The van der Waals surface area contributed by atoms with Crippen LogP contribution in [0.4, 0.5) is 8.78 Å². The number of carbonyl (C=O) groups is 1. The van der Waals surface area contributed by atoms with Crippen LogP contribution in [-0.2, 0) is 13.0 Å². The fourth-order valence-electron chi connectivity index (χ4n) is 2.74. The van der Waals surface area contributed by atoms with Gasteiger partial charge in [0, 0.05) is 19.0 Å². The number of ether oxygens (including phenoxy) is 3. The summed E-state index contributed by atoms with van der Waals surface area (Å²) in [5.41, 5.74) is 1.18. The number of benzene rings is 2. The summed E-state index contributed by atoms with van der Waals surface area (Å²) in [5, 5.41) is 6.52. The van der Waals surface area contributed by atoms with Crippen molar-refractivity contribution in [2.75, 3.05) is 13.7 Å². The maximum absolute atomic E-state index is 12.5. The number of halogens is 2. The highest BCUT2D eigenvalue weighted by Gasteiger charge is 2.12. The average Bonchev–Trinajstić information content (AvgIpc) is 3.17. The highest BCUT2D eigenvalue weighted by Crippen LogP contribution is 2.29. The fraction of sp³-hybridized carbons (Fsp3) is 0.286. The third kappa shape index (κ3) is 6.39. The number of alkyl halides is 2. The molecule has 0 unspecified atom stereocenters. The molecule has 0 aliphatic rings. The van der Waals surface area contributed by atoms with E-state index in [0.717, 1.165) is 5.56 Å². The minimum absolute atomic E-state index is 0.0482. The zero-order chi connectivity index (χ0) is 22.2. The number of amides is 1. The summed E-state index contributed by atoms with van der Waals surface area (Å²) in [6.07, 6.45) is 0.431. The molecule has 3 rings (SSSR count).